The van der Waals surface area contributed by atoms with Crippen LogP contribution in [0.3, 0.4) is 0 Å². The van der Waals surface area contributed by atoms with Crippen LogP contribution in [0.4, 0.5) is 0 Å². The van der Waals surface area contributed by atoms with E-state index in [0.29, 0.717) is 0 Å². The molecule has 5 heteroatoms. The van der Waals surface area contributed by atoms with Crippen molar-refractivity contribution in [2.75, 3.05) is 0 Å². The van der Waals surface area contributed by atoms with Gasteiger partial charge in [0.05, 0.1) is 3.79 Å². The largest absolute Gasteiger partial charge is 0.134 e. The van der Waals surface area contributed by atoms with E-state index in [1.807, 2.05) is 2.89 Å². The van der Waals surface area contributed by atoms with Crippen molar-refractivity contribution in [2.45, 2.75) is 86.5 Å². The molecular formula is C22H38BrIS2Sn. The van der Waals surface area contributed by atoms with Gasteiger partial charge in [-0.25, -0.2) is 0 Å². The SMILES string of the molecule is CCC[CH2][Sn]([CH2]CCC)([CH2]CCC)[c]1ccc(C)s1.Cc1ccc(Br)s1.I. The Morgan fingerprint density at radius 1 is 0.741 bits per heavy atom. The maximum Gasteiger partial charge on any atom is 0.0701 e. The molecule has 2 heterocycles. The van der Waals surface area contributed by atoms with Crippen molar-refractivity contribution < 1.29 is 0 Å². The van der Waals surface area contributed by atoms with Gasteiger partial charge in [-0.15, -0.1) is 35.3 Å². The first-order valence-electron chi connectivity index (χ1n) is 10.3. The van der Waals surface area contributed by atoms with Crippen LogP contribution in [0.2, 0.25) is 13.3 Å². The van der Waals surface area contributed by atoms with Gasteiger partial charge in [-0.1, -0.05) is 0 Å². The zero-order valence-electron chi connectivity index (χ0n) is 17.8. The van der Waals surface area contributed by atoms with E-state index in [1.165, 1.54) is 52.1 Å². The maximum absolute atomic E-state index is 3.35. The smallest absolute Gasteiger partial charge is 0.0701 e. The minimum Gasteiger partial charge on any atom is -0.134 e. The number of hydrogen-bond donors (Lipinski definition) is 0. The molecule has 0 saturated carbocycles. The standard InChI is InChI=1S/C5H5BrS.C5H5S.3C4H9.HI.Sn/c1-4-2-3-5(6)7-4;1-5-3-2-4-6-5;3*1-3-4-2;;/h2-3H,1H3;2-3H,1H3;3*1,3-4H2,2H3;1H;. The summed E-state index contributed by atoms with van der Waals surface area (Å²) in [7, 11) is 0. The third kappa shape index (κ3) is 10.8. The summed E-state index contributed by atoms with van der Waals surface area (Å²) in [6.45, 7) is 11.4. The van der Waals surface area contributed by atoms with Gasteiger partial charge in [0.1, 0.15) is 0 Å². The van der Waals surface area contributed by atoms with E-state index in [1.54, 1.807) is 24.6 Å². The van der Waals surface area contributed by atoms with E-state index in [-0.39, 0.29) is 24.0 Å². The molecule has 0 aliphatic heterocycles. The zero-order chi connectivity index (χ0) is 19.4. The molecule has 27 heavy (non-hydrogen) atoms. The van der Waals surface area contributed by atoms with Crippen molar-refractivity contribution >= 4 is 83.9 Å². The fourth-order valence-corrected chi connectivity index (χ4v) is 25.3. The van der Waals surface area contributed by atoms with Crippen LogP contribution < -0.4 is 2.89 Å². The third-order valence-electron chi connectivity index (χ3n) is 5.00. The Kier molecular flexibility index (Phi) is 17.0. The Labute approximate surface area is 206 Å². The van der Waals surface area contributed by atoms with Gasteiger partial charge in [0, 0.05) is 4.88 Å². The summed E-state index contributed by atoms with van der Waals surface area (Å²) in [5.41, 5.74) is 0. The predicted molar refractivity (Wildman–Crippen MR) is 146 cm³/mol. The minimum atomic E-state index is -2.06. The van der Waals surface area contributed by atoms with Crippen LogP contribution >= 0.6 is 62.6 Å². The number of aryl methyl sites for hydroxylation is 2. The minimum absolute atomic E-state index is 0. The topological polar surface area (TPSA) is 0 Å². The maximum atomic E-state index is 3.35. The fourth-order valence-electron chi connectivity index (χ4n) is 3.41. The second-order valence-electron chi connectivity index (χ2n) is 7.35. The van der Waals surface area contributed by atoms with Gasteiger partial charge in [0.2, 0.25) is 0 Å². The Hall–Kier alpha value is 1.41. The molecule has 0 aliphatic rings. The van der Waals surface area contributed by atoms with E-state index in [0.717, 1.165) is 0 Å². The zero-order valence-corrected chi connectivity index (χ0v) is 26.2. The molecule has 0 bridgehead atoms. The Bertz CT molecular complexity index is 571. The second kappa shape index (κ2) is 16.1. The molecule has 2 aromatic heterocycles. The van der Waals surface area contributed by atoms with Crippen LogP contribution in [0.15, 0.2) is 28.1 Å². The number of thiophene rings is 2. The molecule has 0 spiro atoms. The number of halogens is 2. The summed E-state index contributed by atoms with van der Waals surface area (Å²) < 4.78 is 7.90. The van der Waals surface area contributed by atoms with Gasteiger partial charge < -0.3 is 0 Å². The normalized spacial score (nSPS) is 10.9. The summed E-state index contributed by atoms with van der Waals surface area (Å²) in [4.78, 5) is 2.88. The van der Waals surface area contributed by atoms with Gasteiger partial charge in [-0.05, 0) is 35.0 Å². The summed E-state index contributed by atoms with van der Waals surface area (Å²) in [6.07, 6.45) is 8.55. The van der Waals surface area contributed by atoms with Gasteiger partial charge >= 0.3 is 129 Å². The monoisotopic (exact) mass is 692 g/mol. The van der Waals surface area contributed by atoms with E-state index in [9.17, 15) is 0 Å². The van der Waals surface area contributed by atoms with E-state index >= 15 is 0 Å². The molecular weight excluding hydrogens is 654 g/mol. The Morgan fingerprint density at radius 2 is 1.19 bits per heavy atom. The number of hydrogen-bond acceptors (Lipinski definition) is 2. The molecule has 156 valence electrons. The average molecular weight is 692 g/mol. The van der Waals surface area contributed by atoms with E-state index in [2.05, 4.69) is 86.2 Å². The van der Waals surface area contributed by atoms with Crippen molar-refractivity contribution in [3.05, 3.63) is 37.8 Å². The number of unbranched alkanes of at least 4 members (excludes halogenated alkanes) is 3. The molecule has 0 atom stereocenters. The molecule has 0 aliphatic carbocycles. The summed E-state index contributed by atoms with van der Waals surface area (Å²) in [5.74, 6) is 0. The Morgan fingerprint density at radius 3 is 1.44 bits per heavy atom. The molecule has 2 rings (SSSR count). The molecule has 0 fully saturated rings. The van der Waals surface area contributed by atoms with Crippen LogP contribution in [0, 0.1) is 13.8 Å². The van der Waals surface area contributed by atoms with Crippen LogP contribution in [-0.2, 0) is 0 Å². The average Bonchev–Trinajstić information content (AvgIpc) is 3.23. The first-order chi connectivity index (χ1) is 12.5. The van der Waals surface area contributed by atoms with Crippen molar-refractivity contribution in [3.8, 4) is 0 Å². The van der Waals surface area contributed by atoms with Crippen molar-refractivity contribution in [3.63, 3.8) is 0 Å². The van der Waals surface area contributed by atoms with Crippen molar-refractivity contribution in [1.29, 1.82) is 0 Å². The van der Waals surface area contributed by atoms with E-state index < -0.39 is 18.4 Å². The van der Waals surface area contributed by atoms with Crippen LogP contribution in [-0.4, -0.2) is 18.4 Å². The molecule has 0 nitrogen and oxygen atoms in total. The van der Waals surface area contributed by atoms with E-state index in [4.69, 9.17) is 0 Å². The van der Waals surface area contributed by atoms with Crippen LogP contribution in [0.1, 0.15) is 69.1 Å². The number of rotatable bonds is 10. The molecule has 2 aromatic rings. The molecule has 0 radical (unpaired) electrons. The molecule has 0 amide bonds. The van der Waals surface area contributed by atoms with Crippen LogP contribution in [0.5, 0.6) is 0 Å². The van der Waals surface area contributed by atoms with Crippen molar-refractivity contribution in [1.82, 2.24) is 0 Å². The third-order valence-corrected chi connectivity index (χ3v) is 25.8. The summed E-state index contributed by atoms with van der Waals surface area (Å²) >= 11 is 5.19. The molecule has 0 N–H and O–H groups in total. The predicted octanol–water partition coefficient (Wildman–Crippen LogP) is 9.55. The van der Waals surface area contributed by atoms with Gasteiger partial charge in [-0.2, -0.15) is 0 Å². The van der Waals surface area contributed by atoms with Gasteiger partial charge in [-0.3, -0.25) is 0 Å². The summed E-state index contributed by atoms with van der Waals surface area (Å²) in [5, 5.41) is 0. The molecule has 0 unspecified atom stereocenters. The first-order valence-corrected chi connectivity index (χ1v) is 20.2. The van der Waals surface area contributed by atoms with Crippen molar-refractivity contribution in [2.24, 2.45) is 0 Å². The molecule has 0 aromatic carbocycles. The fraction of sp³-hybridized carbons (Fsp3) is 0.636. The quantitative estimate of drug-likeness (QED) is 0.172. The second-order valence-corrected chi connectivity index (χ2v) is 25.5. The summed E-state index contributed by atoms with van der Waals surface area (Å²) in [6, 6.07) is 9.03. The van der Waals surface area contributed by atoms with Gasteiger partial charge in [0.15, 0.2) is 0 Å². The first kappa shape index (κ1) is 28.4. The Balaban J connectivity index is 0.000000708. The van der Waals surface area contributed by atoms with Crippen LogP contribution in [0.25, 0.3) is 0 Å². The van der Waals surface area contributed by atoms with Gasteiger partial charge in [0.25, 0.3) is 0 Å². The molecule has 0 saturated heterocycles.